The van der Waals surface area contributed by atoms with Crippen LogP contribution in [0.2, 0.25) is 0 Å². The average Bonchev–Trinajstić information content (AvgIpc) is 2.73. The van der Waals surface area contributed by atoms with Gasteiger partial charge in [0.05, 0.1) is 12.6 Å². The molecule has 0 saturated heterocycles. The summed E-state index contributed by atoms with van der Waals surface area (Å²) in [6.45, 7) is 5.34. The number of hydrogen-bond acceptors (Lipinski definition) is 3. The Labute approximate surface area is 96.8 Å². The highest BCUT2D eigenvalue weighted by atomic mass is 16.5. The SMILES string of the molecule is CCCOCCNC1COc2ccccc21. The standard InChI is InChI=1S/C13H19NO2/c1-2-8-15-9-7-14-12-10-16-13-6-4-3-5-11(12)13/h3-6,12,14H,2,7-10H2,1H3. The van der Waals surface area contributed by atoms with Gasteiger partial charge in [0, 0.05) is 18.7 Å². The lowest BCUT2D eigenvalue weighted by atomic mass is 10.1. The quantitative estimate of drug-likeness (QED) is 0.746. The van der Waals surface area contributed by atoms with E-state index < -0.39 is 0 Å². The molecule has 0 fully saturated rings. The van der Waals surface area contributed by atoms with Crippen molar-refractivity contribution in [1.82, 2.24) is 5.32 Å². The molecule has 0 saturated carbocycles. The molecule has 0 bridgehead atoms. The predicted octanol–water partition coefficient (Wildman–Crippen LogP) is 2.14. The number of benzene rings is 1. The topological polar surface area (TPSA) is 30.5 Å². The number of fused-ring (bicyclic) bond motifs is 1. The molecule has 3 heteroatoms. The summed E-state index contributed by atoms with van der Waals surface area (Å²) in [6.07, 6.45) is 1.08. The molecule has 3 nitrogen and oxygen atoms in total. The monoisotopic (exact) mass is 221 g/mol. The highest BCUT2D eigenvalue weighted by Crippen LogP contribution is 2.31. The lowest BCUT2D eigenvalue weighted by Gasteiger charge is -2.11. The first-order chi connectivity index (χ1) is 7.92. The van der Waals surface area contributed by atoms with E-state index in [0.29, 0.717) is 6.04 Å². The van der Waals surface area contributed by atoms with Crippen molar-refractivity contribution in [2.24, 2.45) is 0 Å². The van der Waals surface area contributed by atoms with Crippen molar-refractivity contribution < 1.29 is 9.47 Å². The summed E-state index contributed by atoms with van der Waals surface area (Å²) in [6, 6.07) is 8.51. The maximum Gasteiger partial charge on any atom is 0.124 e. The second-order valence-corrected chi connectivity index (χ2v) is 3.97. The molecule has 88 valence electrons. The first-order valence-corrected chi connectivity index (χ1v) is 5.94. The van der Waals surface area contributed by atoms with Gasteiger partial charge in [0.1, 0.15) is 12.4 Å². The second-order valence-electron chi connectivity index (χ2n) is 3.97. The highest BCUT2D eigenvalue weighted by Gasteiger charge is 2.22. The Bertz CT molecular complexity index is 327. The van der Waals surface area contributed by atoms with Crippen molar-refractivity contribution in [1.29, 1.82) is 0 Å². The molecule has 0 aliphatic carbocycles. The maximum atomic E-state index is 5.59. The van der Waals surface area contributed by atoms with Crippen LogP contribution in [0.5, 0.6) is 5.75 Å². The minimum absolute atomic E-state index is 0.321. The molecule has 1 aromatic carbocycles. The van der Waals surface area contributed by atoms with Gasteiger partial charge < -0.3 is 14.8 Å². The van der Waals surface area contributed by atoms with Crippen LogP contribution in [-0.4, -0.2) is 26.4 Å². The summed E-state index contributed by atoms with van der Waals surface area (Å²) in [5.74, 6) is 1.01. The largest absolute Gasteiger partial charge is 0.491 e. The van der Waals surface area contributed by atoms with Crippen LogP contribution >= 0.6 is 0 Å². The predicted molar refractivity (Wildman–Crippen MR) is 63.8 cm³/mol. The third-order valence-electron chi connectivity index (χ3n) is 2.69. The van der Waals surface area contributed by atoms with Crippen molar-refractivity contribution >= 4 is 0 Å². The van der Waals surface area contributed by atoms with Crippen LogP contribution < -0.4 is 10.1 Å². The molecule has 0 aromatic heterocycles. The van der Waals surface area contributed by atoms with Crippen molar-refractivity contribution in [3.8, 4) is 5.75 Å². The third kappa shape index (κ3) is 2.74. The molecule has 0 radical (unpaired) electrons. The number of rotatable bonds is 6. The van der Waals surface area contributed by atoms with E-state index in [4.69, 9.17) is 9.47 Å². The molecule has 1 atom stereocenters. The van der Waals surface area contributed by atoms with E-state index in [2.05, 4.69) is 24.4 Å². The van der Waals surface area contributed by atoms with Gasteiger partial charge in [-0.2, -0.15) is 0 Å². The zero-order chi connectivity index (χ0) is 11.2. The fraction of sp³-hybridized carbons (Fsp3) is 0.538. The summed E-state index contributed by atoms with van der Waals surface area (Å²) >= 11 is 0. The Balaban J connectivity index is 1.76. The zero-order valence-electron chi connectivity index (χ0n) is 9.74. The van der Waals surface area contributed by atoms with Gasteiger partial charge in [0.25, 0.3) is 0 Å². The summed E-state index contributed by atoms with van der Waals surface area (Å²) in [5.41, 5.74) is 1.26. The lowest BCUT2D eigenvalue weighted by molar-refractivity contribution is 0.133. The van der Waals surface area contributed by atoms with Crippen molar-refractivity contribution in [3.05, 3.63) is 29.8 Å². The number of para-hydroxylation sites is 1. The molecule has 1 aliphatic rings. The number of ether oxygens (including phenoxy) is 2. The Kier molecular flexibility index (Phi) is 4.19. The molecule has 16 heavy (non-hydrogen) atoms. The van der Waals surface area contributed by atoms with Gasteiger partial charge in [-0.1, -0.05) is 25.1 Å². The fourth-order valence-corrected chi connectivity index (χ4v) is 1.88. The normalized spacial score (nSPS) is 18.2. The van der Waals surface area contributed by atoms with E-state index in [1.54, 1.807) is 0 Å². The molecule has 1 N–H and O–H groups in total. The summed E-state index contributed by atoms with van der Waals surface area (Å²) in [7, 11) is 0. The van der Waals surface area contributed by atoms with E-state index >= 15 is 0 Å². The van der Waals surface area contributed by atoms with Crippen molar-refractivity contribution in [2.75, 3.05) is 26.4 Å². The molecular weight excluding hydrogens is 202 g/mol. The Morgan fingerprint density at radius 3 is 3.12 bits per heavy atom. The van der Waals surface area contributed by atoms with Crippen LogP contribution in [0.4, 0.5) is 0 Å². The van der Waals surface area contributed by atoms with E-state index in [0.717, 1.165) is 38.5 Å². The Morgan fingerprint density at radius 1 is 1.38 bits per heavy atom. The number of nitrogens with one attached hydrogen (secondary N) is 1. The Hall–Kier alpha value is -1.06. The van der Waals surface area contributed by atoms with Crippen molar-refractivity contribution in [2.45, 2.75) is 19.4 Å². The fourth-order valence-electron chi connectivity index (χ4n) is 1.88. The molecule has 1 aromatic rings. The molecule has 0 spiro atoms. The minimum Gasteiger partial charge on any atom is -0.491 e. The van der Waals surface area contributed by atoms with Gasteiger partial charge in [-0.3, -0.25) is 0 Å². The highest BCUT2D eigenvalue weighted by molar-refractivity contribution is 5.39. The molecule has 1 heterocycles. The van der Waals surface area contributed by atoms with E-state index in [1.165, 1.54) is 5.56 Å². The maximum absolute atomic E-state index is 5.59. The van der Waals surface area contributed by atoms with Gasteiger partial charge in [-0.05, 0) is 12.5 Å². The van der Waals surface area contributed by atoms with Crippen LogP contribution in [0.25, 0.3) is 0 Å². The first-order valence-electron chi connectivity index (χ1n) is 5.94. The molecular formula is C13H19NO2. The van der Waals surface area contributed by atoms with Gasteiger partial charge in [-0.15, -0.1) is 0 Å². The zero-order valence-corrected chi connectivity index (χ0v) is 9.74. The second kappa shape index (κ2) is 5.87. The van der Waals surface area contributed by atoms with E-state index in [-0.39, 0.29) is 0 Å². The van der Waals surface area contributed by atoms with Crippen LogP contribution in [0.15, 0.2) is 24.3 Å². The third-order valence-corrected chi connectivity index (χ3v) is 2.69. The van der Waals surface area contributed by atoms with Crippen LogP contribution in [-0.2, 0) is 4.74 Å². The van der Waals surface area contributed by atoms with E-state index in [9.17, 15) is 0 Å². The summed E-state index contributed by atoms with van der Waals surface area (Å²) in [5, 5.41) is 3.45. The van der Waals surface area contributed by atoms with E-state index in [1.807, 2.05) is 12.1 Å². The minimum atomic E-state index is 0.321. The summed E-state index contributed by atoms with van der Waals surface area (Å²) < 4.78 is 11.0. The smallest absolute Gasteiger partial charge is 0.124 e. The van der Waals surface area contributed by atoms with Gasteiger partial charge >= 0.3 is 0 Å². The lowest BCUT2D eigenvalue weighted by Crippen LogP contribution is -2.26. The van der Waals surface area contributed by atoms with Crippen LogP contribution in [0, 0.1) is 0 Å². The van der Waals surface area contributed by atoms with Crippen molar-refractivity contribution in [3.63, 3.8) is 0 Å². The molecule has 1 unspecified atom stereocenters. The van der Waals surface area contributed by atoms with Gasteiger partial charge in [0.2, 0.25) is 0 Å². The average molecular weight is 221 g/mol. The van der Waals surface area contributed by atoms with Gasteiger partial charge in [-0.25, -0.2) is 0 Å². The van der Waals surface area contributed by atoms with Crippen LogP contribution in [0.3, 0.4) is 0 Å². The molecule has 2 rings (SSSR count). The molecule has 1 aliphatic heterocycles. The Morgan fingerprint density at radius 2 is 2.25 bits per heavy atom. The molecule has 0 amide bonds. The number of hydrogen-bond donors (Lipinski definition) is 1. The first kappa shape index (κ1) is 11.4. The summed E-state index contributed by atoms with van der Waals surface area (Å²) in [4.78, 5) is 0. The van der Waals surface area contributed by atoms with Gasteiger partial charge in [0.15, 0.2) is 0 Å². The van der Waals surface area contributed by atoms with Crippen LogP contribution in [0.1, 0.15) is 24.9 Å².